The summed E-state index contributed by atoms with van der Waals surface area (Å²) in [5, 5.41) is 13.7. The van der Waals surface area contributed by atoms with E-state index in [0.29, 0.717) is 12.3 Å². The van der Waals surface area contributed by atoms with E-state index in [1.54, 1.807) is 23.9 Å². The first-order valence-electron chi connectivity index (χ1n) is 9.58. The van der Waals surface area contributed by atoms with Gasteiger partial charge in [-0.3, -0.25) is 0 Å². The van der Waals surface area contributed by atoms with Crippen molar-refractivity contribution in [1.29, 1.82) is 0 Å². The summed E-state index contributed by atoms with van der Waals surface area (Å²) in [5.41, 5.74) is 1.90. The third-order valence-corrected chi connectivity index (χ3v) is 6.20. The van der Waals surface area contributed by atoms with Crippen LogP contribution >= 0.6 is 23.4 Å². The molecule has 5 nitrogen and oxygen atoms in total. The van der Waals surface area contributed by atoms with Gasteiger partial charge in [0.25, 0.3) is 0 Å². The number of thioether (sulfide) groups is 1. The molecule has 0 spiro atoms. The van der Waals surface area contributed by atoms with Crippen LogP contribution in [0.25, 0.3) is 0 Å². The molecule has 3 aromatic rings. The summed E-state index contributed by atoms with van der Waals surface area (Å²) in [7, 11) is 0. The van der Waals surface area contributed by atoms with E-state index in [9.17, 15) is 4.39 Å². The van der Waals surface area contributed by atoms with E-state index in [1.807, 2.05) is 24.3 Å². The molecule has 152 valence electrons. The fraction of sp³-hybridized carbons (Fsp3) is 0.333. The van der Waals surface area contributed by atoms with Gasteiger partial charge in [0.1, 0.15) is 5.82 Å². The zero-order chi connectivity index (χ0) is 20.1. The van der Waals surface area contributed by atoms with Gasteiger partial charge in [-0.2, -0.15) is 0 Å². The average Bonchev–Trinajstić information content (AvgIpc) is 3.38. The standard InChI is InChI=1S/C21H22ClFN4OS/c22-19-6-2-1-4-15(19)14-29-21-26-25-20(27(21)13-18-5-3-11-28-18)12-24-17-9-7-16(23)8-10-17/h1-2,4,6-10,18,24H,3,5,11-14H2/t18-/m1/s1. The highest BCUT2D eigenvalue weighted by Crippen LogP contribution is 2.27. The molecule has 0 saturated carbocycles. The molecule has 1 fully saturated rings. The first-order valence-corrected chi connectivity index (χ1v) is 10.9. The Balaban J connectivity index is 1.49. The summed E-state index contributed by atoms with van der Waals surface area (Å²) >= 11 is 7.90. The van der Waals surface area contributed by atoms with Crippen molar-refractivity contribution in [1.82, 2.24) is 14.8 Å². The van der Waals surface area contributed by atoms with Crippen LogP contribution in [0.15, 0.2) is 53.7 Å². The molecule has 1 atom stereocenters. The molecule has 1 aromatic heterocycles. The molecule has 1 N–H and O–H groups in total. The minimum Gasteiger partial charge on any atom is -0.378 e. The molecular formula is C21H22ClFN4OS. The number of halogens is 2. The third-order valence-electron chi connectivity index (χ3n) is 4.81. The Kier molecular flexibility index (Phi) is 6.69. The molecular weight excluding hydrogens is 411 g/mol. The van der Waals surface area contributed by atoms with E-state index in [0.717, 1.165) is 53.2 Å². The molecule has 0 aliphatic carbocycles. The molecule has 8 heteroatoms. The highest BCUT2D eigenvalue weighted by atomic mass is 35.5. The topological polar surface area (TPSA) is 52.0 Å². The summed E-state index contributed by atoms with van der Waals surface area (Å²) in [5.74, 6) is 1.29. The van der Waals surface area contributed by atoms with Crippen LogP contribution in [-0.4, -0.2) is 27.5 Å². The van der Waals surface area contributed by atoms with Crippen molar-refractivity contribution < 1.29 is 9.13 Å². The van der Waals surface area contributed by atoms with Gasteiger partial charge in [-0.25, -0.2) is 4.39 Å². The Morgan fingerprint density at radius 2 is 2.00 bits per heavy atom. The molecule has 1 saturated heterocycles. The monoisotopic (exact) mass is 432 g/mol. The fourth-order valence-corrected chi connectivity index (χ4v) is 4.49. The van der Waals surface area contributed by atoms with Gasteiger partial charge in [0.2, 0.25) is 0 Å². The molecule has 2 heterocycles. The van der Waals surface area contributed by atoms with Crippen LogP contribution in [0.3, 0.4) is 0 Å². The predicted molar refractivity (Wildman–Crippen MR) is 114 cm³/mol. The first kappa shape index (κ1) is 20.2. The van der Waals surface area contributed by atoms with Crippen molar-refractivity contribution in [2.75, 3.05) is 11.9 Å². The van der Waals surface area contributed by atoms with Gasteiger partial charge in [-0.1, -0.05) is 41.6 Å². The van der Waals surface area contributed by atoms with Crippen molar-refractivity contribution >= 4 is 29.1 Å². The zero-order valence-corrected chi connectivity index (χ0v) is 17.4. The van der Waals surface area contributed by atoms with Crippen LogP contribution < -0.4 is 5.32 Å². The fourth-order valence-electron chi connectivity index (χ4n) is 3.24. The van der Waals surface area contributed by atoms with E-state index in [-0.39, 0.29) is 11.9 Å². The van der Waals surface area contributed by atoms with Crippen LogP contribution in [0, 0.1) is 5.82 Å². The molecule has 4 rings (SSSR count). The summed E-state index contributed by atoms with van der Waals surface area (Å²) in [6, 6.07) is 14.1. The average molecular weight is 433 g/mol. The van der Waals surface area contributed by atoms with Crippen LogP contribution in [0.5, 0.6) is 0 Å². The molecule has 0 radical (unpaired) electrons. The van der Waals surface area contributed by atoms with Gasteiger partial charge in [-0.15, -0.1) is 10.2 Å². The smallest absolute Gasteiger partial charge is 0.191 e. The molecule has 0 amide bonds. The van der Waals surface area contributed by atoms with Crippen molar-refractivity contribution in [3.8, 4) is 0 Å². The van der Waals surface area contributed by atoms with Gasteiger partial charge < -0.3 is 14.6 Å². The van der Waals surface area contributed by atoms with Crippen LogP contribution in [0.4, 0.5) is 10.1 Å². The molecule has 29 heavy (non-hydrogen) atoms. The number of hydrogen-bond acceptors (Lipinski definition) is 5. The SMILES string of the molecule is Fc1ccc(NCc2nnc(SCc3ccccc3Cl)n2C[C@H]2CCCO2)cc1. The number of benzene rings is 2. The van der Waals surface area contributed by atoms with E-state index in [1.165, 1.54) is 12.1 Å². The summed E-state index contributed by atoms with van der Waals surface area (Å²) in [6.07, 6.45) is 2.30. The lowest BCUT2D eigenvalue weighted by atomic mass is 10.2. The number of nitrogens with one attached hydrogen (secondary N) is 1. The third kappa shape index (κ3) is 5.29. The van der Waals surface area contributed by atoms with Crippen molar-refractivity contribution in [3.05, 3.63) is 70.8 Å². The van der Waals surface area contributed by atoms with E-state index in [4.69, 9.17) is 16.3 Å². The normalized spacial score (nSPS) is 16.3. The van der Waals surface area contributed by atoms with Gasteiger partial charge >= 0.3 is 0 Å². The Morgan fingerprint density at radius 3 is 2.76 bits per heavy atom. The second-order valence-electron chi connectivity index (χ2n) is 6.88. The summed E-state index contributed by atoms with van der Waals surface area (Å²) in [6.45, 7) is 2.02. The highest BCUT2D eigenvalue weighted by molar-refractivity contribution is 7.98. The molecule has 1 aliphatic rings. The first-order chi connectivity index (χ1) is 14.2. The number of anilines is 1. The largest absolute Gasteiger partial charge is 0.378 e. The second kappa shape index (κ2) is 9.61. The Hall–Kier alpha value is -2.09. The van der Waals surface area contributed by atoms with Gasteiger partial charge in [0.15, 0.2) is 11.0 Å². The summed E-state index contributed by atoms with van der Waals surface area (Å²) < 4.78 is 21.1. The quantitative estimate of drug-likeness (QED) is 0.498. The zero-order valence-electron chi connectivity index (χ0n) is 15.9. The Labute approximate surface area is 178 Å². The van der Waals surface area contributed by atoms with Gasteiger partial charge in [0, 0.05) is 23.1 Å². The van der Waals surface area contributed by atoms with E-state index < -0.39 is 0 Å². The highest BCUT2D eigenvalue weighted by Gasteiger charge is 2.21. The summed E-state index contributed by atoms with van der Waals surface area (Å²) in [4.78, 5) is 0. The van der Waals surface area contributed by atoms with Gasteiger partial charge in [0.05, 0.1) is 19.2 Å². The Bertz CT molecular complexity index is 944. The maximum atomic E-state index is 13.1. The minimum atomic E-state index is -0.254. The number of aromatic nitrogens is 3. The molecule has 0 bridgehead atoms. The van der Waals surface area contributed by atoms with Crippen molar-refractivity contribution in [3.63, 3.8) is 0 Å². The maximum absolute atomic E-state index is 13.1. The number of ether oxygens (including phenoxy) is 1. The predicted octanol–water partition coefficient (Wildman–Crippen LogP) is 5.15. The van der Waals surface area contributed by atoms with E-state index >= 15 is 0 Å². The maximum Gasteiger partial charge on any atom is 0.191 e. The Morgan fingerprint density at radius 1 is 1.17 bits per heavy atom. The molecule has 1 aliphatic heterocycles. The lowest BCUT2D eigenvalue weighted by molar-refractivity contribution is 0.0942. The second-order valence-corrected chi connectivity index (χ2v) is 8.23. The van der Waals surface area contributed by atoms with Gasteiger partial charge in [-0.05, 0) is 48.7 Å². The van der Waals surface area contributed by atoms with E-state index in [2.05, 4.69) is 20.1 Å². The number of hydrogen-bond donors (Lipinski definition) is 1. The molecule has 0 unspecified atom stereocenters. The number of nitrogens with zero attached hydrogens (tertiary/aromatic N) is 3. The number of rotatable bonds is 8. The van der Waals surface area contributed by atoms with Crippen LogP contribution in [0.2, 0.25) is 5.02 Å². The molecule has 2 aromatic carbocycles. The minimum absolute atomic E-state index is 0.176. The lowest BCUT2D eigenvalue weighted by Crippen LogP contribution is -2.19. The van der Waals surface area contributed by atoms with Crippen molar-refractivity contribution in [2.24, 2.45) is 0 Å². The lowest BCUT2D eigenvalue weighted by Gasteiger charge is -2.15. The van der Waals surface area contributed by atoms with Crippen LogP contribution in [0.1, 0.15) is 24.2 Å². The van der Waals surface area contributed by atoms with Crippen molar-refractivity contribution in [2.45, 2.75) is 42.9 Å². The van der Waals surface area contributed by atoms with Crippen LogP contribution in [-0.2, 0) is 23.6 Å².